The normalized spacial score (nSPS) is 12.6. The molecule has 104 valence electrons. The second-order valence-corrected chi connectivity index (χ2v) is 4.50. The first kappa shape index (κ1) is 16.9. The number of esters is 1. The predicted octanol–water partition coefficient (Wildman–Crippen LogP) is 3.67. The zero-order chi connectivity index (χ0) is 13.8. The molecular weight excluding hydrogens is 228 g/mol. The summed E-state index contributed by atoms with van der Waals surface area (Å²) in [5.74, 6) is -0.601. The lowest BCUT2D eigenvalue weighted by Crippen LogP contribution is -2.15. The number of hydrogen-bond donors (Lipinski definition) is 0. The number of Topliss-reactive ketones (excluding diaryl/α,β-unsaturated/α-hetero) is 1. The first-order valence-electron chi connectivity index (χ1n) is 6.94. The summed E-state index contributed by atoms with van der Waals surface area (Å²) in [6, 6.07) is 0. The number of unbranched alkanes of at least 4 members (excludes halogenated alkanes) is 4. The monoisotopic (exact) mass is 254 g/mol. The number of ketones is 1. The Morgan fingerprint density at radius 2 is 1.89 bits per heavy atom. The van der Waals surface area contributed by atoms with Crippen molar-refractivity contribution in [3.63, 3.8) is 0 Å². The molecule has 0 N–H and O–H groups in total. The van der Waals surface area contributed by atoms with Crippen molar-refractivity contribution >= 4 is 11.8 Å². The molecule has 0 aromatic heterocycles. The Morgan fingerprint density at radius 1 is 1.17 bits per heavy atom. The van der Waals surface area contributed by atoms with E-state index >= 15 is 0 Å². The van der Waals surface area contributed by atoms with Crippen molar-refractivity contribution in [1.82, 2.24) is 0 Å². The first-order valence-corrected chi connectivity index (χ1v) is 6.94. The number of hydrogen-bond acceptors (Lipinski definition) is 3. The molecule has 0 aliphatic carbocycles. The van der Waals surface area contributed by atoms with E-state index in [-0.39, 0.29) is 24.1 Å². The van der Waals surface area contributed by atoms with Gasteiger partial charge in [-0.25, -0.2) is 0 Å². The Balaban J connectivity index is 3.99. The summed E-state index contributed by atoms with van der Waals surface area (Å²) in [5, 5.41) is 0. The van der Waals surface area contributed by atoms with Crippen molar-refractivity contribution in [2.24, 2.45) is 5.92 Å². The summed E-state index contributed by atoms with van der Waals surface area (Å²) < 4.78 is 4.86. The first-order chi connectivity index (χ1) is 8.61. The molecule has 0 spiro atoms. The topological polar surface area (TPSA) is 43.4 Å². The van der Waals surface area contributed by atoms with Crippen LogP contribution in [0.4, 0.5) is 0 Å². The van der Waals surface area contributed by atoms with Gasteiger partial charge in [0, 0.05) is 5.92 Å². The molecule has 0 amide bonds. The van der Waals surface area contributed by atoms with Crippen LogP contribution in [0.25, 0.3) is 0 Å². The fraction of sp³-hybridized carbons (Fsp3) is 0.733. The van der Waals surface area contributed by atoms with E-state index in [1.54, 1.807) is 6.92 Å². The van der Waals surface area contributed by atoms with Gasteiger partial charge in [-0.2, -0.15) is 0 Å². The van der Waals surface area contributed by atoms with E-state index in [0.29, 0.717) is 6.61 Å². The zero-order valence-electron chi connectivity index (χ0n) is 11.9. The highest BCUT2D eigenvalue weighted by atomic mass is 16.5. The average molecular weight is 254 g/mol. The summed E-state index contributed by atoms with van der Waals surface area (Å²) in [4.78, 5) is 22.7. The van der Waals surface area contributed by atoms with Crippen molar-refractivity contribution in [3.8, 4) is 0 Å². The highest BCUT2D eigenvalue weighted by molar-refractivity contribution is 5.85. The maximum absolute atomic E-state index is 11.4. The highest BCUT2D eigenvalue weighted by Gasteiger charge is 2.15. The molecule has 0 aromatic rings. The van der Waals surface area contributed by atoms with Gasteiger partial charge < -0.3 is 4.74 Å². The SMILES string of the molecule is CCCCCC/C=C/C(CC(=O)OCC)C(C)=O. The van der Waals surface area contributed by atoms with Crippen LogP contribution in [0.2, 0.25) is 0 Å². The molecule has 0 aliphatic rings. The van der Waals surface area contributed by atoms with Crippen LogP contribution in [0.1, 0.15) is 59.3 Å². The van der Waals surface area contributed by atoms with Gasteiger partial charge in [-0.15, -0.1) is 0 Å². The molecule has 0 saturated carbocycles. The quantitative estimate of drug-likeness (QED) is 0.339. The largest absolute Gasteiger partial charge is 0.466 e. The van der Waals surface area contributed by atoms with Gasteiger partial charge in [-0.3, -0.25) is 9.59 Å². The van der Waals surface area contributed by atoms with E-state index in [4.69, 9.17) is 4.74 Å². The molecule has 0 radical (unpaired) electrons. The van der Waals surface area contributed by atoms with Gasteiger partial charge in [0.15, 0.2) is 0 Å². The van der Waals surface area contributed by atoms with Crippen LogP contribution >= 0.6 is 0 Å². The smallest absolute Gasteiger partial charge is 0.306 e. The van der Waals surface area contributed by atoms with Gasteiger partial charge in [0.1, 0.15) is 5.78 Å². The van der Waals surface area contributed by atoms with Crippen molar-refractivity contribution in [1.29, 1.82) is 0 Å². The van der Waals surface area contributed by atoms with Gasteiger partial charge in [0.05, 0.1) is 13.0 Å². The molecule has 1 atom stereocenters. The third-order valence-corrected chi connectivity index (χ3v) is 2.81. The van der Waals surface area contributed by atoms with Crippen LogP contribution in [-0.2, 0) is 14.3 Å². The van der Waals surface area contributed by atoms with Gasteiger partial charge in [0.25, 0.3) is 0 Å². The molecule has 0 saturated heterocycles. The lowest BCUT2D eigenvalue weighted by molar-refractivity contribution is -0.145. The van der Waals surface area contributed by atoms with Crippen molar-refractivity contribution in [2.75, 3.05) is 6.61 Å². The van der Waals surface area contributed by atoms with Crippen molar-refractivity contribution in [3.05, 3.63) is 12.2 Å². The molecule has 0 fully saturated rings. The summed E-state index contributed by atoms with van der Waals surface area (Å²) in [6.07, 6.45) is 9.86. The van der Waals surface area contributed by atoms with Gasteiger partial charge in [-0.1, -0.05) is 38.3 Å². The Labute approximate surface area is 111 Å². The molecule has 0 bridgehead atoms. The summed E-state index contributed by atoms with van der Waals surface area (Å²) in [6.45, 7) is 5.83. The Kier molecular flexibility index (Phi) is 10.3. The fourth-order valence-corrected chi connectivity index (χ4v) is 1.70. The van der Waals surface area contributed by atoms with Crippen LogP contribution in [0.15, 0.2) is 12.2 Å². The van der Waals surface area contributed by atoms with E-state index in [0.717, 1.165) is 12.8 Å². The number of allylic oxidation sites excluding steroid dienone is 2. The summed E-state index contributed by atoms with van der Waals surface area (Å²) in [5.41, 5.74) is 0. The molecule has 3 nitrogen and oxygen atoms in total. The Morgan fingerprint density at radius 3 is 2.44 bits per heavy atom. The lowest BCUT2D eigenvalue weighted by atomic mass is 10.00. The predicted molar refractivity (Wildman–Crippen MR) is 73.3 cm³/mol. The molecule has 0 rings (SSSR count). The second-order valence-electron chi connectivity index (χ2n) is 4.50. The maximum Gasteiger partial charge on any atom is 0.306 e. The molecule has 1 unspecified atom stereocenters. The lowest BCUT2D eigenvalue weighted by Gasteiger charge is -2.08. The Hall–Kier alpha value is -1.12. The minimum atomic E-state index is -0.324. The van der Waals surface area contributed by atoms with Crippen LogP contribution in [0.3, 0.4) is 0 Å². The van der Waals surface area contributed by atoms with E-state index in [9.17, 15) is 9.59 Å². The highest BCUT2D eigenvalue weighted by Crippen LogP contribution is 2.10. The second kappa shape index (κ2) is 11.0. The number of carbonyl (C=O) groups is 2. The minimum absolute atomic E-state index is 0.0212. The average Bonchev–Trinajstić information content (AvgIpc) is 2.32. The van der Waals surface area contributed by atoms with Crippen LogP contribution in [-0.4, -0.2) is 18.4 Å². The summed E-state index contributed by atoms with van der Waals surface area (Å²) in [7, 11) is 0. The third-order valence-electron chi connectivity index (χ3n) is 2.81. The number of rotatable bonds is 10. The fourth-order valence-electron chi connectivity index (χ4n) is 1.70. The maximum atomic E-state index is 11.4. The molecule has 0 aromatic carbocycles. The van der Waals surface area contributed by atoms with Crippen LogP contribution < -0.4 is 0 Å². The molecular formula is C15H26O3. The van der Waals surface area contributed by atoms with Crippen molar-refractivity contribution < 1.29 is 14.3 Å². The van der Waals surface area contributed by atoms with Gasteiger partial charge in [0.2, 0.25) is 0 Å². The molecule has 18 heavy (non-hydrogen) atoms. The number of ether oxygens (including phenoxy) is 1. The van der Waals surface area contributed by atoms with E-state index in [1.807, 2.05) is 12.2 Å². The van der Waals surface area contributed by atoms with Crippen molar-refractivity contribution in [2.45, 2.75) is 59.3 Å². The summed E-state index contributed by atoms with van der Waals surface area (Å²) >= 11 is 0. The molecule has 0 heterocycles. The standard InChI is InChI=1S/C15H26O3/c1-4-6-7-8-9-10-11-14(13(3)16)12-15(17)18-5-2/h10-11,14H,4-9,12H2,1-3H3/b11-10+. The third kappa shape index (κ3) is 8.97. The van der Waals surface area contributed by atoms with E-state index in [1.165, 1.54) is 26.2 Å². The zero-order valence-corrected chi connectivity index (χ0v) is 11.9. The minimum Gasteiger partial charge on any atom is -0.466 e. The Bertz CT molecular complexity index is 269. The van der Waals surface area contributed by atoms with E-state index in [2.05, 4.69) is 6.92 Å². The molecule has 3 heteroatoms. The van der Waals surface area contributed by atoms with Gasteiger partial charge >= 0.3 is 5.97 Å². The molecule has 0 aliphatic heterocycles. The number of carbonyl (C=O) groups excluding carboxylic acids is 2. The van der Waals surface area contributed by atoms with E-state index < -0.39 is 0 Å². The van der Waals surface area contributed by atoms with Crippen LogP contribution in [0, 0.1) is 5.92 Å². The van der Waals surface area contributed by atoms with Gasteiger partial charge in [-0.05, 0) is 26.7 Å². The van der Waals surface area contributed by atoms with Crippen LogP contribution in [0.5, 0.6) is 0 Å².